The highest BCUT2D eigenvalue weighted by Gasteiger charge is 2.36. The summed E-state index contributed by atoms with van der Waals surface area (Å²) in [5.74, 6) is 0.791. The molecule has 0 aromatic rings. The van der Waals surface area contributed by atoms with Crippen LogP contribution >= 0.6 is 0 Å². The van der Waals surface area contributed by atoms with Gasteiger partial charge >= 0.3 is 0 Å². The lowest BCUT2D eigenvalue weighted by Crippen LogP contribution is -2.54. The number of nitrogens with zero attached hydrogens (tertiary/aromatic N) is 1. The van der Waals surface area contributed by atoms with Gasteiger partial charge in [-0.2, -0.15) is 0 Å². The van der Waals surface area contributed by atoms with Crippen LogP contribution in [0.25, 0.3) is 0 Å². The van der Waals surface area contributed by atoms with Crippen molar-refractivity contribution >= 4 is 0 Å². The van der Waals surface area contributed by atoms with Crippen LogP contribution in [0.2, 0.25) is 0 Å². The average Bonchev–Trinajstić information content (AvgIpc) is 2.63. The fraction of sp³-hybridized carbons (Fsp3) is 1.00. The first kappa shape index (κ1) is 13.3. The summed E-state index contributed by atoms with van der Waals surface area (Å²) in [5.41, 5.74) is 6.62. The summed E-state index contributed by atoms with van der Waals surface area (Å²) in [4.78, 5) is 2.44. The number of hydrogen-bond donors (Lipinski definition) is 1. The van der Waals surface area contributed by atoms with E-state index in [0.717, 1.165) is 25.5 Å². The minimum absolute atomic E-state index is 0.0364. The monoisotopic (exact) mass is 240 g/mol. The molecule has 3 nitrogen and oxygen atoms in total. The molecule has 1 aliphatic heterocycles. The van der Waals surface area contributed by atoms with E-state index in [-0.39, 0.29) is 5.54 Å². The second-order valence-corrected chi connectivity index (χ2v) is 6.41. The third-order valence-corrected chi connectivity index (χ3v) is 4.59. The number of nitrogens with two attached hydrogens (primary N) is 1. The first-order chi connectivity index (χ1) is 8.00. The van der Waals surface area contributed by atoms with Gasteiger partial charge in [-0.25, -0.2) is 0 Å². The Bertz CT molecular complexity index is 259. The van der Waals surface area contributed by atoms with Crippen LogP contribution in [0.15, 0.2) is 0 Å². The van der Waals surface area contributed by atoms with Crippen LogP contribution in [-0.2, 0) is 4.74 Å². The van der Waals surface area contributed by atoms with Gasteiger partial charge in [0.15, 0.2) is 0 Å². The van der Waals surface area contributed by atoms with Crippen molar-refractivity contribution in [3.63, 3.8) is 0 Å². The van der Waals surface area contributed by atoms with Gasteiger partial charge in [0.1, 0.15) is 0 Å². The fourth-order valence-electron chi connectivity index (χ4n) is 3.76. The SMILES string of the molecule is CC1CCCC(N)(CN(C)C2CCOC2C)C1. The number of ether oxygens (including phenoxy) is 1. The highest BCUT2D eigenvalue weighted by Crippen LogP contribution is 2.32. The summed E-state index contributed by atoms with van der Waals surface area (Å²) in [5, 5.41) is 0. The van der Waals surface area contributed by atoms with Crippen LogP contribution < -0.4 is 5.73 Å². The molecule has 0 aromatic carbocycles. The van der Waals surface area contributed by atoms with Gasteiger partial charge < -0.3 is 10.5 Å². The van der Waals surface area contributed by atoms with E-state index in [1.807, 2.05) is 0 Å². The van der Waals surface area contributed by atoms with E-state index in [9.17, 15) is 0 Å². The van der Waals surface area contributed by atoms with Gasteiger partial charge in [-0.15, -0.1) is 0 Å². The normalized spacial score (nSPS) is 43.2. The third-order valence-electron chi connectivity index (χ3n) is 4.59. The number of likely N-dealkylation sites (N-methyl/N-ethyl adjacent to an activating group) is 1. The summed E-state index contributed by atoms with van der Waals surface area (Å²) in [6.45, 7) is 6.45. The summed E-state index contributed by atoms with van der Waals surface area (Å²) >= 11 is 0. The van der Waals surface area contributed by atoms with Crippen molar-refractivity contribution in [1.29, 1.82) is 0 Å². The molecule has 2 aliphatic rings. The molecule has 1 saturated heterocycles. The lowest BCUT2D eigenvalue weighted by Gasteiger charge is -2.41. The van der Waals surface area contributed by atoms with Gasteiger partial charge in [0, 0.05) is 24.7 Å². The smallest absolute Gasteiger partial charge is 0.0702 e. The largest absolute Gasteiger partial charge is 0.377 e. The third kappa shape index (κ3) is 3.21. The van der Waals surface area contributed by atoms with E-state index < -0.39 is 0 Å². The van der Waals surface area contributed by atoms with Crippen molar-refractivity contribution in [3.05, 3.63) is 0 Å². The van der Waals surface area contributed by atoms with Crippen molar-refractivity contribution in [1.82, 2.24) is 4.90 Å². The van der Waals surface area contributed by atoms with Crippen molar-refractivity contribution < 1.29 is 4.74 Å². The van der Waals surface area contributed by atoms with Crippen molar-refractivity contribution in [2.75, 3.05) is 20.2 Å². The average molecular weight is 240 g/mol. The molecule has 2 N–H and O–H groups in total. The molecule has 0 bridgehead atoms. The van der Waals surface area contributed by atoms with E-state index >= 15 is 0 Å². The highest BCUT2D eigenvalue weighted by molar-refractivity contribution is 4.94. The zero-order chi connectivity index (χ0) is 12.5. The molecule has 1 heterocycles. The van der Waals surface area contributed by atoms with Crippen molar-refractivity contribution in [3.8, 4) is 0 Å². The molecule has 0 radical (unpaired) electrons. The van der Waals surface area contributed by atoms with Gasteiger partial charge in [-0.05, 0) is 39.2 Å². The molecule has 0 amide bonds. The van der Waals surface area contributed by atoms with Crippen LogP contribution in [-0.4, -0.2) is 42.8 Å². The molecule has 3 heteroatoms. The molecule has 4 atom stereocenters. The Labute approximate surface area is 106 Å². The molecule has 0 spiro atoms. The summed E-state index contributed by atoms with van der Waals surface area (Å²) < 4.78 is 5.65. The zero-order valence-electron chi connectivity index (χ0n) is 11.6. The Balaban J connectivity index is 1.90. The van der Waals surface area contributed by atoms with Gasteiger partial charge in [-0.1, -0.05) is 19.8 Å². The molecule has 4 unspecified atom stereocenters. The highest BCUT2D eigenvalue weighted by atomic mass is 16.5. The fourth-order valence-corrected chi connectivity index (χ4v) is 3.76. The maximum atomic E-state index is 6.58. The minimum Gasteiger partial charge on any atom is -0.377 e. The van der Waals surface area contributed by atoms with Crippen LogP contribution in [0.5, 0.6) is 0 Å². The van der Waals surface area contributed by atoms with Gasteiger partial charge in [0.05, 0.1) is 6.10 Å². The van der Waals surface area contributed by atoms with E-state index in [1.54, 1.807) is 0 Å². The molecular weight excluding hydrogens is 212 g/mol. The molecule has 1 saturated carbocycles. The molecule has 1 aliphatic carbocycles. The van der Waals surface area contributed by atoms with Gasteiger partial charge in [0.25, 0.3) is 0 Å². The van der Waals surface area contributed by atoms with Gasteiger partial charge in [0.2, 0.25) is 0 Å². The zero-order valence-corrected chi connectivity index (χ0v) is 11.6. The first-order valence-electron chi connectivity index (χ1n) is 7.11. The van der Waals surface area contributed by atoms with E-state index in [1.165, 1.54) is 25.7 Å². The molecule has 2 fully saturated rings. The van der Waals surface area contributed by atoms with Crippen molar-refractivity contribution in [2.24, 2.45) is 11.7 Å². The molecule has 100 valence electrons. The van der Waals surface area contributed by atoms with E-state index in [0.29, 0.717) is 12.1 Å². The number of hydrogen-bond acceptors (Lipinski definition) is 3. The van der Waals surface area contributed by atoms with Crippen molar-refractivity contribution in [2.45, 2.75) is 63.6 Å². The Kier molecular flexibility index (Phi) is 4.11. The predicted octanol–water partition coefficient (Wildman–Crippen LogP) is 2.00. The second-order valence-electron chi connectivity index (χ2n) is 6.41. The Morgan fingerprint density at radius 3 is 2.71 bits per heavy atom. The first-order valence-corrected chi connectivity index (χ1v) is 7.11. The Morgan fingerprint density at radius 1 is 1.35 bits per heavy atom. The molecule has 17 heavy (non-hydrogen) atoms. The quantitative estimate of drug-likeness (QED) is 0.820. The second kappa shape index (κ2) is 5.25. The number of rotatable bonds is 3. The van der Waals surface area contributed by atoms with Crippen LogP contribution in [0.3, 0.4) is 0 Å². The van der Waals surface area contributed by atoms with Crippen LogP contribution in [0.4, 0.5) is 0 Å². The maximum Gasteiger partial charge on any atom is 0.0702 e. The Morgan fingerprint density at radius 2 is 2.12 bits per heavy atom. The standard InChI is InChI=1S/C14H28N2O/c1-11-5-4-7-14(15,9-11)10-16(3)13-6-8-17-12(13)2/h11-13H,4-10,15H2,1-3H3. The Hall–Kier alpha value is -0.120. The molecule has 2 rings (SSSR count). The van der Waals surface area contributed by atoms with Crippen LogP contribution in [0.1, 0.15) is 46.0 Å². The summed E-state index contributed by atoms with van der Waals surface area (Å²) in [7, 11) is 2.21. The van der Waals surface area contributed by atoms with E-state index in [4.69, 9.17) is 10.5 Å². The molecule has 0 aromatic heterocycles. The maximum absolute atomic E-state index is 6.58. The lowest BCUT2D eigenvalue weighted by molar-refractivity contribution is 0.0676. The lowest BCUT2D eigenvalue weighted by atomic mass is 9.76. The van der Waals surface area contributed by atoms with Gasteiger partial charge in [-0.3, -0.25) is 4.90 Å². The minimum atomic E-state index is 0.0364. The summed E-state index contributed by atoms with van der Waals surface area (Å²) in [6.07, 6.45) is 6.53. The van der Waals surface area contributed by atoms with Crippen LogP contribution in [0, 0.1) is 5.92 Å². The van der Waals surface area contributed by atoms with E-state index in [2.05, 4.69) is 25.8 Å². The predicted molar refractivity (Wildman–Crippen MR) is 71.0 cm³/mol. The molecular formula is C14H28N2O. The summed E-state index contributed by atoms with van der Waals surface area (Å²) in [6, 6.07) is 0.563. The topological polar surface area (TPSA) is 38.5 Å².